The second kappa shape index (κ2) is 4.82. The highest BCUT2D eigenvalue weighted by Gasteiger charge is 2.65. The summed E-state index contributed by atoms with van der Waals surface area (Å²) in [6, 6.07) is 9.90. The standard InChI is InChI=1S/C19H21NO2/c1-2-10-19(22)17-15-9-8-14(11-15)16(17)18(21)20(19)12-13-6-4-3-5-7-13/h2-9,14-17,22H,1,10-12H2/t14-,15+,16+,17-,19-/m1/s1. The van der Waals surface area contributed by atoms with Gasteiger partial charge in [0.1, 0.15) is 5.72 Å². The molecule has 114 valence electrons. The van der Waals surface area contributed by atoms with Crippen molar-refractivity contribution in [2.75, 3.05) is 0 Å². The Labute approximate surface area is 130 Å². The molecule has 1 aromatic rings. The number of aliphatic hydroxyl groups is 1. The third-order valence-corrected chi connectivity index (χ3v) is 5.64. The maximum absolute atomic E-state index is 13.0. The Hall–Kier alpha value is -1.87. The number of fused-ring (bicyclic) bond motifs is 5. The van der Waals surface area contributed by atoms with Crippen LogP contribution in [0.4, 0.5) is 0 Å². The topological polar surface area (TPSA) is 40.5 Å². The lowest BCUT2D eigenvalue weighted by atomic mass is 9.78. The number of likely N-dealkylation sites (tertiary alicyclic amines) is 1. The summed E-state index contributed by atoms with van der Waals surface area (Å²) in [5, 5.41) is 11.4. The van der Waals surface area contributed by atoms with Crippen molar-refractivity contribution in [1.29, 1.82) is 0 Å². The van der Waals surface area contributed by atoms with E-state index in [-0.39, 0.29) is 17.7 Å². The first kappa shape index (κ1) is 13.8. The lowest BCUT2D eigenvalue weighted by Crippen LogP contribution is -2.49. The predicted octanol–water partition coefficient (Wildman–Crippen LogP) is 2.73. The van der Waals surface area contributed by atoms with Crippen molar-refractivity contribution in [2.45, 2.75) is 25.1 Å². The second-order valence-corrected chi connectivity index (χ2v) is 6.78. The minimum Gasteiger partial charge on any atom is -0.370 e. The maximum Gasteiger partial charge on any atom is 0.229 e. The van der Waals surface area contributed by atoms with Gasteiger partial charge in [0.05, 0.1) is 5.92 Å². The minimum absolute atomic E-state index is 0.0108. The highest BCUT2D eigenvalue weighted by Crippen LogP contribution is 2.58. The Morgan fingerprint density at radius 2 is 2.00 bits per heavy atom. The van der Waals surface area contributed by atoms with Gasteiger partial charge in [-0.1, -0.05) is 48.6 Å². The first-order valence-electron chi connectivity index (χ1n) is 8.02. The van der Waals surface area contributed by atoms with E-state index in [9.17, 15) is 9.90 Å². The Morgan fingerprint density at radius 1 is 1.27 bits per heavy atom. The summed E-state index contributed by atoms with van der Waals surface area (Å²) in [6.07, 6.45) is 7.55. The molecule has 22 heavy (non-hydrogen) atoms. The number of carbonyl (C=O) groups excluding carboxylic acids is 1. The van der Waals surface area contributed by atoms with Gasteiger partial charge in [-0.2, -0.15) is 0 Å². The molecule has 0 radical (unpaired) electrons. The van der Waals surface area contributed by atoms with Crippen molar-refractivity contribution < 1.29 is 9.90 Å². The molecule has 1 aliphatic heterocycles. The van der Waals surface area contributed by atoms with Crippen LogP contribution >= 0.6 is 0 Å². The van der Waals surface area contributed by atoms with Gasteiger partial charge in [-0.3, -0.25) is 4.79 Å². The summed E-state index contributed by atoms with van der Waals surface area (Å²) in [5.41, 5.74) is -0.0395. The van der Waals surface area contributed by atoms with Crippen LogP contribution in [0.2, 0.25) is 0 Å². The summed E-state index contributed by atoms with van der Waals surface area (Å²) >= 11 is 0. The fraction of sp³-hybridized carbons (Fsp3) is 0.421. The molecule has 1 saturated heterocycles. The highest BCUT2D eigenvalue weighted by atomic mass is 16.3. The molecule has 0 spiro atoms. The molecule has 1 saturated carbocycles. The number of carbonyl (C=O) groups is 1. The number of hydrogen-bond acceptors (Lipinski definition) is 2. The molecule has 4 rings (SSSR count). The van der Waals surface area contributed by atoms with Crippen molar-refractivity contribution in [3.63, 3.8) is 0 Å². The number of nitrogens with zero attached hydrogens (tertiary/aromatic N) is 1. The molecule has 2 fully saturated rings. The molecular formula is C19H21NO2. The summed E-state index contributed by atoms with van der Waals surface area (Å²) in [6.45, 7) is 4.26. The van der Waals surface area contributed by atoms with Crippen LogP contribution in [0.3, 0.4) is 0 Å². The molecule has 1 amide bonds. The molecule has 5 atom stereocenters. The second-order valence-electron chi connectivity index (χ2n) is 6.78. The highest BCUT2D eigenvalue weighted by molar-refractivity contribution is 5.84. The Kier molecular flexibility index (Phi) is 3.01. The fourth-order valence-electron chi connectivity index (χ4n) is 4.78. The molecule has 1 N–H and O–H groups in total. The molecule has 3 nitrogen and oxygen atoms in total. The van der Waals surface area contributed by atoms with Gasteiger partial charge in [0.2, 0.25) is 5.91 Å². The molecule has 1 aromatic carbocycles. The van der Waals surface area contributed by atoms with E-state index in [2.05, 4.69) is 18.7 Å². The average molecular weight is 295 g/mol. The Bertz CT molecular complexity index is 638. The van der Waals surface area contributed by atoms with E-state index in [1.54, 1.807) is 11.0 Å². The van der Waals surface area contributed by atoms with Crippen LogP contribution in [0.25, 0.3) is 0 Å². The third-order valence-electron chi connectivity index (χ3n) is 5.64. The van der Waals surface area contributed by atoms with E-state index in [0.717, 1.165) is 12.0 Å². The van der Waals surface area contributed by atoms with Gasteiger partial charge in [-0.15, -0.1) is 6.58 Å². The van der Waals surface area contributed by atoms with E-state index >= 15 is 0 Å². The summed E-state index contributed by atoms with van der Waals surface area (Å²) in [5.74, 6) is 0.694. The molecule has 2 aliphatic carbocycles. The van der Waals surface area contributed by atoms with Crippen LogP contribution in [-0.4, -0.2) is 21.6 Å². The largest absolute Gasteiger partial charge is 0.370 e. The van der Waals surface area contributed by atoms with Crippen LogP contribution in [0.15, 0.2) is 55.1 Å². The van der Waals surface area contributed by atoms with Gasteiger partial charge in [-0.05, 0) is 23.8 Å². The van der Waals surface area contributed by atoms with Crippen molar-refractivity contribution >= 4 is 5.91 Å². The zero-order valence-electron chi connectivity index (χ0n) is 12.6. The zero-order chi connectivity index (χ0) is 15.3. The molecule has 0 aromatic heterocycles. The molecule has 3 heteroatoms. The number of amides is 1. The summed E-state index contributed by atoms with van der Waals surface area (Å²) in [4.78, 5) is 14.7. The van der Waals surface area contributed by atoms with Crippen LogP contribution < -0.4 is 0 Å². The smallest absolute Gasteiger partial charge is 0.229 e. The van der Waals surface area contributed by atoms with Crippen molar-refractivity contribution in [2.24, 2.45) is 23.7 Å². The molecule has 1 heterocycles. The van der Waals surface area contributed by atoms with Crippen LogP contribution in [0.5, 0.6) is 0 Å². The van der Waals surface area contributed by atoms with Gasteiger partial charge in [0.15, 0.2) is 0 Å². The molecule has 3 aliphatic rings. The minimum atomic E-state index is -1.09. The zero-order valence-corrected chi connectivity index (χ0v) is 12.6. The van der Waals surface area contributed by atoms with Gasteiger partial charge in [-0.25, -0.2) is 0 Å². The summed E-state index contributed by atoms with van der Waals surface area (Å²) < 4.78 is 0. The van der Waals surface area contributed by atoms with E-state index in [0.29, 0.717) is 24.8 Å². The van der Waals surface area contributed by atoms with Crippen molar-refractivity contribution in [3.05, 3.63) is 60.7 Å². The maximum atomic E-state index is 13.0. The predicted molar refractivity (Wildman–Crippen MR) is 84.5 cm³/mol. The number of rotatable bonds is 4. The Balaban J connectivity index is 1.71. The lowest BCUT2D eigenvalue weighted by Gasteiger charge is -2.38. The van der Waals surface area contributed by atoms with Gasteiger partial charge in [0.25, 0.3) is 0 Å². The molecule has 0 unspecified atom stereocenters. The van der Waals surface area contributed by atoms with Crippen LogP contribution in [0.1, 0.15) is 18.4 Å². The lowest BCUT2D eigenvalue weighted by molar-refractivity contribution is -0.154. The van der Waals surface area contributed by atoms with E-state index in [1.807, 2.05) is 30.3 Å². The monoisotopic (exact) mass is 295 g/mol. The van der Waals surface area contributed by atoms with Crippen LogP contribution in [-0.2, 0) is 11.3 Å². The van der Waals surface area contributed by atoms with Gasteiger partial charge in [0, 0.05) is 18.9 Å². The van der Waals surface area contributed by atoms with E-state index < -0.39 is 5.72 Å². The van der Waals surface area contributed by atoms with E-state index in [1.165, 1.54) is 0 Å². The molecular weight excluding hydrogens is 274 g/mol. The SMILES string of the molecule is C=CC[C@@]1(O)[C@H]2[C@@H](C(=O)N1Cc1ccccc1)[C@@H]1C=C[C@H]2C1. The van der Waals surface area contributed by atoms with Crippen LogP contribution in [0, 0.1) is 23.7 Å². The number of hydrogen-bond donors (Lipinski definition) is 1. The molecule has 2 bridgehead atoms. The third kappa shape index (κ3) is 1.75. The van der Waals surface area contributed by atoms with Crippen molar-refractivity contribution in [1.82, 2.24) is 4.90 Å². The fourth-order valence-corrected chi connectivity index (χ4v) is 4.78. The normalized spacial score (nSPS) is 38.6. The van der Waals surface area contributed by atoms with Crippen molar-refractivity contribution in [3.8, 4) is 0 Å². The average Bonchev–Trinajstić information content (AvgIpc) is 3.18. The Morgan fingerprint density at radius 3 is 2.73 bits per heavy atom. The first-order valence-corrected chi connectivity index (χ1v) is 8.02. The summed E-state index contributed by atoms with van der Waals surface area (Å²) in [7, 11) is 0. The van der Waals surface area contributed by atoms with Gasteiger partial charge < -0.3 is 10.0 Å². The first-order chi connectivity index (χ1) is 10.6. The van der Waals surface area contributed by atoms with E-state index in [4.69, 9.17) is 0 Å². The quantitative estimate of drug-likeness (QED) is 0.868. The number of allylic oxidation sites excluding steroid dienone is 2. The number of benzene rings is 1. The van der Waals surface area contributed by atoms with Gasteiger partial charge >= 0.3 is 0 Å².